The third kappa shape index (κ3) is 4.64. The van der Waals surface area contributed by atoms with Gasteiger partial charge in [0.2, 0.25) is 10.0 Å². The number of halogens is 2. The van der Waals surface area contributed by atoms with Gasteiger partial charge in [0.25, 0.3) is 0 Å². The lowest BCUT2D eigenvalue weighted by Crippen LogP contribution is -2.33. The molecule has 0 bridgehead atoms. The zero-order chi connectivity index (χ0) is 16.2. The van der Waals surface area contributed by atoms with Crippen LogP contribution in [-0.2, 0) is 10.0 Å². The first-order valence-corrected chi connectivity index (χ1v) is 8.82. The maximum atomic E-state index is 14.0. The van der Waals surface area contributed by atoms with Crippen molar-refractivity contribution in [3.63, 3.8) is 0 Å². The van der Waals surface area contributed by atoms with E-state index >= 15 is 0 Å². The third-order valence-corrected chi connectivity index (χ3v) is 5.71. The summed E-state index contributed by atoms with van der Waals surface area (Å²) in [5.41, 5.74) is 5.86. The fourth-order valence-corrected chi connectivity index (χ4v) is 3.78. The van der Waals surface area contributed by atoms with Crippen molar-refractivity contribution >= 4 is 31.6 Å². The minimum Gasteiger partial charge on any atom is -0.398 e. The van der Waals surface area contributed by atoms with Crippen LogP contribution in [0, 0.1) is 5.82 Å². The highest BCUT2D eigenvalue weighted by molar-refractivity contribution is 9.10. The van der Waals surface area contributed by atoms with Crippen molar-refractivity contribution in [1.82, 2.24) is 9.21 Å². The van der Waals surface area contributed by atoms with E-state index in [0.29, 0.717) is 17.4 Å². The molecule has 0 fully saturated rings. The van der Waals surface area contributed by atoms with Gasteiger partial charge in [-0.1, -0.05) is 6.92 Å². The Morgan fingerprint density at radius 3 is 2.43 bits per heavy atom. The lowest BCUT2D eigenvalue weighted by molar-refractivity contribution is 0.355. The lowest BCUT2D eigenvalue weighted by atomic mass is 10.3. The van der Waals surface area contributed by atoms with Crippen molar-refractivity contribution in [3.8, 4) is 0 Å². The molecule has 0 aliphatic carbocycles. The van der Waals surface area contributed by atoms with E-state index in [1.165, 1.54) is 4.31 Å². The smallest absolute Gasteiger partial charge is 0.246 e. The van der Waals surface area contributed by atoms with E-state index in [4.69, 9.17) is 5.73 Å². The molecule has 0 aliphatic heterocycles. The molecule has 120 valence electrons. The first kappa shape index (κ1) is 18.3. The van der Waals surface area contributed by atoms with Gasteiger partial charge in [-0.15, -0.1) is 0 Å². The van der Waals surface area contributed by atoms with Crippen molar-refractivity contribution in [3.05, 3.63) is 22.4 Å². The van der Waals surface area contributed by atoms with Gasteiger partial charge in [0.1, 0.15) is 10.7 Å². The largest absolute Gasteiger partial charge is 0.398 e. The molecule has 0 atom stereocenters. The monoisotopic (exact) mass is 381 g/mol. The highest BCUT2D eigenvalue weighted by Crippen LogP contribution is 2.28. The molecular formula is C13H21BrFN3O2S. The normalized spacial score (nSPS) is 12.3. The first-order valence-electron chi connectivity index (χ1n) is 6.59. The molecule has 1 aromatic rings. The fourth-order valence-electron chi connectivity index (χ4n) is 1.89. The SMILES string of the molecule is CCN(CCCN(C)C)S(=O)(=O)c1cc(N)c(Br)cc1F. The zero-order valence-electron chi connectivity index (χ0n) is 12.4. The van der Waals surface area contributed by atoms with Crippen molar-refractivity contribution in [2.45, 2.75) is 18.2 Å². The molecule has 0 spiro atoms. The second-order valence-electron chi connectivity index (χ2n) is 4.96. The standard InChI is InChI=1S/C13H21BrFN3O2S/c1-4-18(7-5-6-17(2)3)21(19,20)13-9-12(16)10(14)8-11(13)15/h8-9H,4-7,16H2,1-3H3. The summed E-state index contributed by atoms with van der Waals surface area (Å²) < 4.78 is 40.6. The van der Waals surface area contributed by atoms with E-state index in [1.54, 1.807) is 6.92 Å². The summed E-state index contributed by atoms with van der Waals surface area (Å²) in [6, 6.07) is 2.24. The van der Waals surface area contributed by atoms with Gasteiger partial charge in [-0.05, 0) is 55.1 Å². The van der Waals surface area contributed by atoms with E-state index in [-0.39, 0.29) is 17.1 Å². The van der Waals surface area contributed by atoms with Crippen LogP contribution in [0.1, 0.15) is 13.3 Å². The summed E-state index contributed by atoms with van der Waals surface area (Å²) in [4.78, 5) is 1.59. The molecule has 0 radical (unpaired) electrons. The number of hydrogen-bond acceptors (Lipinski definition) is 4. The molecule has 0 amide bonds. The van der Waals surface area contributed by atoms with Crippen molar-refractivity contribution in [2.75, 3.05) is 39.5 Å². The number of nitrogens with zero attached hydrogens (tertiary/aromatic N) is 2. The Labute approximate surface area is 134 Å². The average molecular weight is 382 g/mol. The Hall–Kier alpha value is -0.700. The van der Waals surface area contributed by atoms with Crippen LogP contribution in [0.3, 0.4) is 0 Å². The number of nitrogens with two attached hydrogens (primary N) is 1. The topological polar surface area (TPSA) is 66.6 Å². The molecule has 0 heterocycles. The van der Waals surface area contributed by atoms with Gasteiger partial charge in [-0.25, -0.2) is 12.8 Å². The predicted octanol–water partition coefficient (Wildman–Crippen LogP) is 2.13. The van der Waals surface area contributed by atoms with Gasteiger partial charge < -0.3 is 10.6 Å². The highest BCUT2D eigenvalue weighted by atomic mass is 79.9. The molecule has 0 saturated heterocycles. The molecule has 1 rings (SSSR count). The van der Waals surface area contributed by atoms with E-state index < -0.39 is 15.8 Å². The lowest BCUT2D eigenvalue weighted by Gasteiger charge is -2.22. The highest BCUT2D eigenvalue weighted by Gasteiger charge is 2.27. The molecule has 21 heavy (non-hydrogen) atoms. The molecule has 5 nitrogen and oxygen atoms in total. The summed E-state index contributed by atoms with van der Waals surface area (Å²) in [5, 5.41) is 0. The van der Waals surface area contributed by atoms with Gasteiger partial charge in [0.05, 0.1) is 0 Å². The number of sulfonamides is 1. The number of rotatable bonds is 7. The average Bonchev–Trinajstić information content (AvgIpc) is 2.38. The van der Waals surface area contributed by atoms with Gasteiger partial charge >= 0.3 is 0 Å². The van der Waals surface area contributed by atoms with Crippen LogP contribution in [0.2, 0.25) is 0 Å². The molecule has 0 saturated carbocycles. The van der Waals surface area contributed by atoms with Crippen LogP contribution >= 0.6 is 15.9 Å². The second kappa shape index (κ2) is 7.53. The van der Waals surface area contributed by atoms with E-state index in [1.807, 2.05) is 19.0 Å². The molecular weight excluding hydrogens is 361 g/mol. The Balaban J connectivity index is 3.05. The van der Waals surface area contributed by atoms with Crippen LogP contribution in [0.15, 0.2) is 21.5 Å². The maximum absolute atomic E-state index is 14.0. The number of anilines is 1. The minimum atomic E-state index is -3.88. The summed E-state index contributed by atoms with van der Waals surface area (Å²) in [5.74, 6) is -0.804. The minimum absolute atomic E-state index is 0.194. The first-order chi connectivity index (χ1) is 9.70. The van der Waals surface area contributed by atoms with E-state index in [0.717, 1.165) is 18.7 Å². The molecule has 0 aromatic heterocycles. The van der Waals surface area contributed by atoms with Crippen LogP contribution in [0.5, 0.6) is 0 Å². The summed E-state index contributed by atoms with van der Waals surface area (Å²) >= 11 is 3.08. The molecule has 0 aliphatic rings. The third-order valence-electron chi connectivity index (χ3n) is 3.03. The van der Waals surface area contributed by atoms with Gasteiger partial charge in [-0.2, -0.15) is 4.31 Å². The van der Waals surface area contributed by atoms with Crippen LogP contribution in [0.25, 0.3) is 0 Å². The number of nitrogen functional groups attached to an aromatic ring is 1. The Kier molecular flexibility index (Phi) is 6.58. The van der Waals surface area contributed by atoms with Gasteiger partial charge in [0.15, 0.2) is 0 Å². The van der Waals surface area contributed by atoms with Crippen LogP contribution in [0.4, 0.5) is 10.1 Å². The van der Waals surface area contributed by atoms with Crippen molar-refractivity contribution in [1.29, 1.82) is 0 Å². The Bertz CT molecular complexity index is 593. The molecule has 0 unspecified atom stereocenters. The van der Waals surface area contributed by atoms with Crippen molar-refractivity contribution in [2.24, 2.45) is 0 Å². The van der Waals surface area contributed by atoms with Crippen LogP contribution in [-0.4, -0.2) is 51.4 Å². The summed E-state index contributed by atoms with van der Waals surface area (Å²) in [6.07, 6.45) is 0.674. The summed E-state index contributed by atoms with van der Waals surface area (Å²) in [7, 11) is -0.0469. The molecule has 8 heteroatoms. The number of benzene rings is 1. The quantitative estimate of drug-likeness (QED) is 0.734. The van der Waals surface area contributed by atoms with Gasteiger partial charge in [0, 0.05) is 23.2 Å². The zero-order valence-corrected chi connectivity index (χ0v) is 14.8. The fraction of sp³-hybridized carbons (Fsp3) is 0.538. The number of hydrogen-bond donors (Lipinski definition) is 1. The predicted molar refractivity (Wildman–Crippen MR) is 86.1 cm³/mol. The Morgan fingerprint density at radius 1 is 1.29 bits per heavy atom. The maximum Gasteiger partial charge on any atom is 0.246 e. The van der Waals surface area contributed by atoms with Gasteiger partial charge in [-0.3, -0.25) is 0 Å². The van der Waals surface area contributed by atoms with E-state index in [2.05, 4.69) is 15.9 Å². The molecule has 2 N–H and O–H groups in total. The van der Waals surface area contributed by atoms with Crippen molar-refractivity contribution < 1.29 is 12.8 Å². The van der Waals surface area contributed by atoms with Crippen LogP contribution < -0.4 is 5.73 Å². The second-order valence-corrected chi connectivity index (χ2v) is 7.72. The molecule has 1 aromatic carbocycles. The summed E-state index contributed by atoms with van der Waals surface area (Å²) in [6.45, 7) is 3.11. The van der Waals surface area contributed by atoms with E-state index in [9.17, 15) is 12.8 Å². The Morgan fingerprint density at radius 2 is 1.90 bits per heavy atom.